The average Bonchev–Trinajstić information content (AvgIpc) is 1.41. The number of allylic oxidation sites excluding steroid dienone is 3. The summed E-state index contributed by atoms with van der Waals surface area (Å²) in [6, 6.07) is 0. The summed E-state index contributed by atoms with van der Waals surface area (Å²) in [6.45, 7) is 5.42. The number of halogens is 1. The Labute approximate surface area is 63.9 Å². The molecule has 0 unspecified atom stereocenters. The molecule has 0 aliphatic carbocycles. The van der Waals surface area contributed by atoms with Crippen molar-refractivity contribution in [3.63, 3.8) is 0 Å². The molecule has 0 rings (SSSR count). The first kappa shape index (κ1) is 15.7. The van der Waals surface area contributed by atoms with Crippen LogP contribution in [0.5, 0.6) is 0 Å². The molecule has 0 nitrogen and oxygen atoms in total. The second kappa shape index (κ2) is 16.2. The number of rotatable bonds is 1. The third-order valence-electron chi connectivity index (χ3n) is 0.329. The van der Waals surface area contributed by atoms with Crippen molar-refractivity contribution in [3.8, 4) is 0 Å². The van der Waals surface area contributed by atoms with Crippen molar-refractivity contribution in [2.75, 3.05) is 0 Å². The molecular formula is C5H8ClZn-. The monoisotopic (exact) mass is 167 g/mol. The second-order valence-electron chi connectivity index (χ2n) is 0.761. The first-order valence-corrected chi connectivity index (χ1v) is 1.65. The van der Waals surface area contributed by atoms with E-state index in [1.54, 1.807) is 6.08 Å². The van der Waals surface area contributed by atoms with Crippen molar-refractivity contribution < 1.29 is 31.9 Å². The van der Waals surface area contributed by atoms with Gasteiger partial charge in [-0.2, -0.15) is 0 Å². The molecule has 0 aromatic rings. The van der Waals surface area contributed by atoms with E-state index >= 15 is 0 Å². The largest absolute Gasteiger partial charge is 1.00 e. The molecule has 0 atom stereocenters. The molecule has 0 bridgehead atoms. The van der Waals surface area contributed by atoms with Gasteiger partial charge in [-0.15, -0.1) is 0 Å². The summed E-state index contributed by atoms with van der Waals surface area (Å²) >= 11 is 0. The first-order valence-electron chi connectivity index (χ1n) is 1.65. The van der Waals surface area contributed by atoms with E-state index in [-0.39, 0.29) is 31.9 Å². The maximum Gasteiger partial charge on any atom is 0 e. The van der Waals surface area contributed by atoms with Crippen molar-refractivity contribution in [1.82, 2.24) is 0 Å². The zero-order chi connectivity index (χ0) is 4.12. The summed E-state index contributed by atoms with van der Waals surface area (Å²) in [7, 11) is 0. The Morgan fingerprint density at radius 3 is 1.86 bits per heavy atom. The summed E-state index contributed by atoms with van der Waals surface area (Å²) in [5, 5.41) is 0. The van der Waals surface area contributed by atoms with E-state index in [4.69, 9.17) is 0 Å². The average molecular weight is 169 g/mol. The van der Waals surface area contributed by atoms with Gasteiger partial charge in [0.25, 0.3) is 0 Å². The molecule has 0 saturated heterocycles. The quantitative estimate of drug-likeness (QED) is 0.340. The second-order valence-corrected chi connectivity index (χ2v) is 0.761. The Morgan fingerprint density at radius 2 is 1.86 bits per heavy atom. The van der Waals surface area contributed by atoms with Crippen molar-refractivity contribution in [2.24, 2.45) is 0 Å². The molecule has 0 aromatic heterocycles. The van der Waals surface area contributed by atoms with Gasteiger partial charge < -0.3 is 12.4 Å². The zero-order valence-electron chi connectivity index (χ0n) is 4.52. The Kier molecular flexibility index (Phi) is 36.1. The van der Waals surface area contributed by atoms with Crippen LogP contribution in [0.15, 0.2) is 24.8 Å². The fourth-order valence-electron chi connectivity index (χ4n) is 0.136. The Bertz CT molecular complexity index is 50.0. The molecule has 0 saturated carbocycles. The van der Waals surface area contributed by atoms with E-state index in [2.05, 4.69) is 6.58 Å². The zero-order valence-corrected chi connectivity index (χ0v) is 8.25. The number of hydrogen-bond acceptors (Lipinski definition) is 0. The smallest absolute Gasteiger partial charge is 0 e. The van der Waals surface area contributed by atoms with Crippen LogP contribution >= 0.6 is 0 Å². The SMILES string of the molecule is C=C/C=C/C.[Cl-].[Zn]. The third kappa shape index (κ3) is 21.5. The normalized spacial score (nSPS) is 6.43. The summed E-state index contributed by atoms with van der Waals surface area (Å²) in [5.74, 6) is 0. The summed E-state index contributed by atoms with van der Waals surface area (Å²) < 4.78 is 0. The van der Waals surface area contributed by atoms with E-state index < -0.39 is 0 Å². The Hall–Kier alpha value is 0.393. The maximum absolute atomic E-state index is 3.46. The molecule has 0 aliphatic heterocycles. The van der Waals surface area contributed by atoms with Crippen LogP contribution in [0.25, 0.3) is 0 Å². The van der Waals surface area contributed by atoms with Gasteiger partial charge in [-0.3, -0.25) is 0 Å². The third-order valence-corrected chi connectivity index (χ3v) is 0.329. The van der Waals surface area contributed by atoms with Crippen LogP contribution in [0.2, 0.25) is 0 Å². The van der Waals surface area contributed by atoms with E-state index in [0.717, 1.165) is 0 Å². The molecule has 2 heteroatoms. The van der Waals surface area contributed by atoms with Gasteiger partial charge in [0.15, 0.2) is 0 Å². The Morgan fingerprint density at radius 1 is 1.43 bits per heavy atom. The molecule has 38 valence electrons. The molecule has 0 fully saturated rings. The van der Waals surface area contributed by atoms with Gasteiger partial charge in [-0.05, 0) is 6.92 Å². The van der Waals surface area contributed by atoms with E-state index in [1.165, 1.54) is 0 Å². The molecule has 0 aromatic carbocycles. The predicted molar refractivity (Wildman–Crippen MR) is 25.0 cm³/mol. The minimum atomic E-state index is 0. The number of hydrogen-bond donors (Lipinski definition) is 0. The van der Waals surface area contributed by atoms with E-state index in [1.807, 2.05) is 19.1 Å². The van der Waals surface area contributed by atoms with Gasteiger partial charge in [0.05, 0.1) is 0 Å². The molecule has 0 amide bonds. The molecular weight excluding hydrogens is 161 g/mol. The Balaban J connectivity index is -0.0000000800. The molecule has 0 N–H and O–H groups in total. The molecule has 7 heavy (non-hydrogen) atoms. The molecule has 0 aliphatic rings. The van der Waals surface area contributed by atoms with E-state index in [0.29, 0.717) is 0 Å². The van der Waals surface area contributed by atoms with E-state index in [9.17, 15) is 0 Å². The van der Waals surface area contributed by atoms with Gasteiger partial charge in [0.1, 0.15) is 0 Å². The van der Waals surface area contributed by atoms with Crippen molar-refractivity contribution in [3.05, 3.63) is 24.8 Å². The fraction of sp³-hybridized carbons (Fsp3) is 0.200. The van der Waals surface area contributed by atoms with Gasteiger partial charge >= 0.3 is 0 Å². The van der Waals surface area contributed by atoms with Gasteiger partial charge in [0.2, 0.25) is 0 Å². The minimum Gasteiger partial charge on any atom is -1.00 e. The molecule has 0 radical (unpaired) electrons. The molecule has 0 spiro atoms. The standard InChI is InChI=1S/C5H8.ClH.Zn/c1-3-5-4-2;;/h3-5H,1H2,2H3;1H;/p-1/b5-4+;;. The van der Waals surface area contributed by atoms with Gasteiger partial charge in [0, 0.05) is 19.5 Å². The maximum atomic E-state index is 3.46. The van der Waals surface area contributed by atoms with Crippen molar-refractivity contribution >= 4 is 0 Å². The first-order chi connectivity index (χ1) is 2.41. The van der Waals surface area contributed by atoms with Crippen LogP contribution in [0, 0.1) is 0 Å². The van der Waals surface area contributed by atoms with Crippen LogP contribution in [0.1, 0.15) is 6.92 Å². The van der Waals surface area contributed by atoms with Crippen LogP contribution in [-0.2, 0) is 19.5 Å². The van der Waals surface area contributed by atoms with Crippen LogP contribution in [0.4, 0.5) is 0 Å². The van der Waals surface area contributed by atoms with Gasteiger partial charge in [-0.1, -0.05) is 24.8 Å². The predicted octanol–water partition coefficient (Wildman–Crippen LogP) is -1.25. The summed E-state index contributed by atoms with van der Waals surface area (Å²) in [5.41, 5.74) is 0. The fourth-order valence-corrected chi connectivity index (χ4v) is 0.136. The minimum absolute atomic E-state index is 0. The van der Waals surface area contributed by atoms with Crippen LogP contribution < -0.4 is 12.4 Å². The summed E-state index contributed by atoms with van der Waals surface area (Å²) in [4.78, 5) is 0. The van der Waals surface area contributed by atoms with Crippen molar-refractivity contribution in [1.29, 1.82) is 0 Å². The topological polar surface area (TPSA) is 0 Å². The van der Waals surface area contributed by atoms with Gasteiger partial charge in [-0.25, -0.2) is 0 Å². The van der Waals surface area contributed by atoms with Crippen molar-refractivity contribution in [2.45, 2.75) is 6.92 Å². The summed E-state index contributed by atoms with van der Waals surface area (Å²) in [6.07, 6.45) is 5.58. The van der Waals surface area contributed by atoms with Crippen LogP contribution in [-0.4, -0.2) is 0 Å². The molecule has 0 heterocycles. The van der Waals surface area contributed by atoms with Crippen LogP contribution in [0.3, 0.4) is 0 Å².